The number of hydrogen-bond donors (Lipinski definition) is 1. The van der Waals surface area contributed by atoms with Gasteiger partial charge in [-0.1, -0.05) is 19.1 Å². The molecule has 0 amide bonds. The monoisotopic (exact) mass is 139 g/mol. The molecule has 2 radical (unpaired) electrons. The molecule has 0 saturated carbocycles. The lowest BCUT2D eigenvalue weighted by atomic mass is 10.1. The third-order valence-corrected chi connectivity index (χ3v) is 1.24. The summed E-state index contributed by atoms with van der Waals surface area (Å²) in [6, 6.07) is -0.0483. The zero-order valence-corrected chi connectivity index (χ0v) is 6.58. The SMILES string of the molecule is [B]OC(/C=C\CC)[C@H](C)N. The summed E-state index contributed by atoms with van der Waals surface area (Å²) in [5.41, 5.74) is 5.53. The molecule has 1 unspecified atom stereocenters. The second-order valence-electron chi connectivity index (χ2n) is 2.30. The highest BCUT2D eigenvalue weighted by molar-refractivity contribution is 5.98. The number of allylic oxidation sites excluding steroid dienone is 1. The average molecular weight is 139 g/mol. The van der Waals surface area contributed by atoms with E-state index in [4.69, 9.17) is 13.8 Å². The molecule has 0 rings (SSSR count). The van der Waals surface area contributed by atoms with Crippen molar-refractivity contribution in [1.82, 2.24) is 0 Å². The maximum absolute atomic E-state index is 5.53. The van der Waals surface area contributed by atoms with Crippen molar-refractivity contribution in [3.05, 3.63) is 12.2 Å². The second-order valence-corrected chi connectivity index (χ2v) is 2.30. The zero-order valence-electron chi connectivity index (χ0n) is 6.58. The predicted octanol–water partition coefficient (Wildman–Crippen LogP) is 0.768. The molecule has 0 bridgehead atoms. The Bertz CT molecular complexity index is 104. The van der Waals surface area contributed by atoms with Crippen LogP contribution in [0, 0.1) is 0 Å². The Balaban J connectivity index is 3.71. The fraction of sp³-hybridized carbons (Fsp3) is 0.714. The molecule has 0 aliphatic carbocycles. The summed E-state index contributed by atoms with van der Waals surface area (Å²) in [5, 5.41) is 0. The second kappa shape index (κ2) is 5.51. The predicted molar refractivity (Wildman–Crippen MR) is 43.7 cm³/mol. The highest BCUT2D eigenvalue weighted by Crippen LogP contribution is 1.97. The van der Waals surface area contributed by atoms with Crippen molar-refractivity contribution in [1.29, 1.82) is 0 Å². The molecular weight excluding hydrogens is 125 g/mol. The van der Waals surface area contributed by atoms with Crippen molar-refractivity contribution in [2.24, 2.45) is 5.73 Å². The lowest BCUT2D eigenvalue weighted by Crippen LogP contribution is -2.31. The van der Waals surface area contributed by atoms with E-state index in [1.165, 1.54) is 0 Å². The molecule has 0 spiro atoms. The van der Waals surface area contributed by atoms with Gasteiger partial charge in [-0.05, 0) is 13.3 Å². The number of hydrogen-bond acceptors (Lipinski definition) is 2. The van der Waals surface area contributed by atoms with E-state index in [2.05, 4.69) is 4.65 Å². The van der Waals surface area contributed by atoms with E-state index in [1.54, 1.807) is 0 Å². The van der Waals surface area contributed by atoms with Crippen LogP contribution in [0.1, 0.15) is 20.3 Å². The van der Waals surface area contributed by atoms with Crippen LogP contribution < -0.4 is 5.73 Å². The molecule has 0 heterocycles. The van der Waals surface area contributed by atoms with Crippen LogP contribution in [0.2, 0.25) is 0 Å². The van der Waals surface area contributed by atoms with Gasteiger partial charge in [0.05, 0.1) is 6.10 Å². The van der Waals surface area contributed by atoms with Crippen molar-refractivity contribution < 1.29 is 4.65 Å². The molecule has 0 saturated heterocycles. The summed E-state index contributed by atoms with van der Waals surface area (Å²) in [6.07, 6.45) is 4.69. The summed E-state index contributed by atoms with van der Waals surface area (Å²) in [6.45, 7) is 3.91. The van der Waals surface area contributed by atoms with Crippen molar-refractivity contribution in [2.45, 2.75) is 32.4 Å². The van der Waals surface area contributed by atoms with Gasteiger partial charge in [0.15, 0.2) is 0 Å². The number of rotatable bonds is 4. The number of nitrogens with two attached hydrogens (primary N) is 1. The van der Waals surface area contributed by atoms with E-state index in [0.29, 0.717) is 0 Å². The van der Waals surface area contributed by atoms with Crippen LogP contribution >= 0.6 is 0 Å². The maximum Gasteiger partial charge on any atom is 0.283 e. The topological polar surface area (TPSA) is 35.2 Å². The molecule has 0 fully saturated rings. The van der Waals surface area contributed by atoms with Gasteiger partial charge in [0.25, 0.3) is 8.05 Å². The average Bonchev–Trinajstić information content (AvgIpc) is 1.89. The maximum atomic E-state index is 5.53. The Hall–Kier alpha value is -0.275. The minimum Gasteiger partial charge on any atom is -0.440 e. The van der Waals surface area contributed by atoms with Crippen molar-refractivity contribution in [3.63, 3.8) is 0 Å². The lowest BCUT2D eigenvalue weighted by molar-refractivity contribution is 0.245. The Kier molecular flexibility index (Phi) is 5.35. The van der Waals surface area contributed by atoms with Crippen LogP contribution in [0.15, 0.2) is 12.2 Å². The first-order valence-electron chi connectivity index (χ1n) is 3.50. The fourth-order valence-corrected chi connectivity index (χ4v) is 0.615. The molecule has 2 atom stereocenters. The van der Waals surface area contributed by atoms with Gasteiger partial charge in [0, 0.05) is 6.04 Å². The molecular formula is C7H14BNO. The van der Waals surface area contributed by atoms with E-state index in [1.807, 2.05) is 26.0 Å². The van der Waals surface area contributed by atoms with Crippen LogP contribution in [-0.4, -0.2) is 20.2 Å². The standard InChI is InChI=1S/C7H14BNO/c1-3-4-5-7(10-8)6(2)9/h4-7H,3,9H2,1-2H3/b5-4-/t6-,7?/m0/s1. The first-order chi connectivity index (χ1) is 4.72. The summed E-state index contributed by atoms with van der Waals surface area (Å²) in [5.74, 6) is 0. The van der Waals surface area contributed by atoms with Crippen LogP contribution in [0.25, 0.3) is 0 Å². The van der Waals surface area contributed by atoms with Gasteiger partial charge in [-0.3, -0.25) is 0 Å². The Morgan fingerprint density at radius 2 is 2.30 bits per heavy atom. The van der Waals surface area contributed by atoms with Crippen LogP contribution in [0.4, 0.5) is 0 Å². The molecule has 56 valence electrons. The first kappa shape index (κ1) is 9.72. The van der Waals surface area contributed by atoms with Gasteiger partial charge in [0.2, 0.25) is 0 Å². The van der Waals surface area contributed by atoms with Gasteiger partial charge >= 0.3 is 0 Å². The van der Waals surface area contributed by atoms with E-state index in [0.717, 1.165) is 6.42 Å². The van der Waals surface area contributed by atoms with E-state index < -0.39 is 0 Å². The highest BCUT2D eigenvalue weighted by Gasteiger charge is 2.05. The first-order valence-corrected chi connectivity index (χ1v) is 3.50. The summed E-state index contributed by atoms with van der Waals surface area (Å²) in [7, 11) is 4.98. The third kappa shape index (κ3) is 3.69. The van der Waals surface area contributed by atoms with Gasteiger partial charge in [-0.25, -0.2) is 0 Å². The van der Waals surface area contributed by atoms with Crippen molar-refractivity contribution in [2.75, 3.05) is 0 Å². The Morgan fingerprint density at radius 1 is 1.70 bits per heavy atom. The molecule has 2 N–H and O–H groups in total. The van der Waals surface area contributed by atoms with Gasteiger partial charge in [0.1, 0.15) is 0 Å². The Morgan fingerprint density at radius 3 is 2.60 bits per heavy atom. The highest BCUT2D eigenvalue weighted by atomic mass is 16.4. The smallest absolute Gasteiger partial charge is 0.283 e. The van der Waals surface area contributed by atoms with Crippen LogP contribution in [0.3, 0.4) is 0 Å². The summed E-state index contributed by atoms with van der Waals surface area (Å²) >= 11 is 0. The van der Waals surface area contributed by atoms with Gasteiger partial charge in [-0.2, -0.15) is 0 Å². The van der Waals surface area contributed by atoms with Gasteiger partial charge < -0.3 is 10.4 Å². The van der Waals surface area contributed by atoms with Crippen LogP contribution in [-0.2, 0) is 4.65 Å². The molecule has 0 aromatic rings. The minimum atomic E-state index is -0.153. The molecule has 0 aromatic carbocycles. The summed E-state index contributed by atoms with van der Waals surface area (Å²) < 4.78 is 4.60. The zero-order chi connectivity index (χ0) is 7.98. The quantitative estimate of drug-likeness (QED) is 0.461. The third-order valence-electron chi connectivity index (χ3n) is 1.24. The van der Waals surface area contributed by atoms with E-state index >= 15 is 0 Å². The van der Waals surface area contributed by atoms with E-state index in [9.17, 15) is 0 Å². The molecule has 0 aliphatic heterocycles. The Labute approximate surface area is 63.9 Å². The van der Waals surface area contributed by atoms with Gasteiger partial charge in [-0.15, -0.1) is 0 Å². The molecule has 3 heteroatoms. The molecule has 10 heavy (non-hydrogen) atoms. The van der Waals surface area contributed by atoms with E-state index in [-0.39, 0.29) is 12.1 Å². The normalized spacial score (nSPS) is 17.5. The fourth-order valence-electron chi connectivity index (χ4n) is 0.615. The largest absolute Gasteiger partial charge is 0.440 e. The molecule has 0 aromatic heterocycles. The summed E-state index contributed by atoms with van der Waals surface area (Å²) in [4.78, 5) is 0. The molecule has 0 aliphatic rings. The molecule has 2 nitrogen and oxygen atoms in total. The minimum absolute atomic E-state index is 0.0483. The van der Waals surface area contributed by atoms with Crippen molar-refractivity contribution in [3.8, 4) is 0 Å². The van der Waals surface area contributed by atoms with Crippen molar-refractivity contribution >= 4 is 8.05 Å². The van der Waals surface area contributed by atoms with Crippen LogP contribution in [0.5, 0.6) is 0 Å². The lowest BCUT2D eigenvalue weighted by Gasteiger charge is -2.14.